The second-order valence-corrected chi connectivity index (χ2v) is 7.59. The molecule has 7 heteroatoms. The minimum Gasteiger partial charge on any atom is -0.306 e. The van der Waals surface area contributed by atoms with Crippen molar-refractivity contribution in [2.45, 2.75) is 25.0 Å². The molecule has 4 aromatic rings. The van der Waals surface area contributed by atoms with Gasteiger partial charge in [0.25, 0.3) is 0 Å². The van der Waals surface area contributed by atoms with Gasteiger partial charge < -0.3 is 9.55 Å². The largest absolute Gasteiger partial charge is 0.326 e. The van der Waals surface area contributed by atoms with E-state index in [9.17, 15) is 4.79 Å². The predicted molar refractivity (Wildman–Crippen MR) is 109 cm³/mol. The first-order valence-corrected chi connectivity index (χ1v) is 9.89. The van der Waals surface area contributed by atoms with Crippen molar-refractivity contribution >= 4 is 22.8 Å². The molecule has 0 saturated carbocycles. The number of rotatable bonds is 6. The zero-order valence-electron chi connectivity index (χ0n) is 15.3. The smallest absolute Gasteiger partial charge is 0.306 e. The van der Waals surface area contributed by atoms with E-state index in [4.69, 9.17) is 0 Å². The van der Waals surface area contributed by atoms with Crippen LogP contribution in [0.5, 0.6) is 0 Å². The van der Waals surface area contributed by atoms with Crippen LogP contribution in [0.2, 0.25) is 0 Å². The van der Waals surface area contributed by atoms with Gasteiger partial charge in [0.05, 0.1) is 11.0 Å². The van der Waals surface area contributed by atoms with Gasteiger partial charge in [0.1, 0.15) is 0 Å². The Labute approximate surface area is 161 Å². The van der Waals surface area contributed by atoms with E-state index in [-0.39, 0.29) is 5.69 Å². The summed E-state index contributed by atoms with van der Waals surface area (Å²) in [6.45, 7) is 2.75. The quantitative estimate of drug-likeness (QED) is 0.410. The van der Waals surface area contributed by atoms with Crippen LogP contribution in [0.25, 0.3) is 22.4 Å². The summed E-state index contributed by atoms with van der Waals surface area (Å²) in [5.74, 6) is 1.73. The maximum absolute atomic E-state index is 12.1. The van der Waals surface area contributed by atoms with Crippen LogP contribution in [-0.4, -0.2) is 30.1 Å². The highest BCUT2D eigenvalue weighted by molar-refractivity contribution is 7.99. The van der Waals surface area contributed by atoms with Crippen molar-refractivity contribution in [2.24, 2.45) is 7.05 Å². The number of hydrogen-bond acceptors (Lipinski definition) is 4. The van der Waals surface area contributed by atoms with E-state index in [1.54, 1.807) is 16.3 Å². The third-order valence-corrected chi connectivity index (χ3v) is 5.69. The highest BCUT2D eigenvalue weighted by Gasteiger charge is 2.11. The van der Waals surface area contributed by atoms with E-state index >= 15 is 0 Å². The first-order valence-electron chi connectivity index (χ1n) is 8.90. The summed E-state index contributed by atoms with van der Waals surface area (Å²) in [5.41, 5.74) is 4.07. The van der Waals surface area contributed by atoms with Gasteiger partial charge in [-0.25, -0.2) is 4.79 Å². The molecule has 0 fully saturated rings. The molecule has 0 unspecified atom stereocenters. The average molecular weight is 379 g/mol. The molecule has 0 atom stereocenters. The average Bonchev–Trinajstić information content (AvgIpc) is 3.19. The summed E-state index contributed by atoms with van der Waals surface area (Å²) in [7, 11) is 1.99. The zero-order valence-corrected chi connectivity index (χ0v) is 16.2. The molecule has 27 heavy (non-hydrogen) atoms. The lowest BCUT2D eigenvalue weighted by Gasteiger charge is -2.05. The van der Waals surface area contributed by atoms with Crippen LogP contribution in [0.15, 0.2) is 58.5 Å². The van der Waals surface area contributed by atoms with Crippen molar-refractivity contribution in [3.05, 3.63) is 64.6 Å². The number of nitrogens with zero attached hydrogens (tertiary/aromatic N) is 4. The molecule has 2 heterocycles. The number of aryl methyl sites for hydroxylation is 2. The number of fused-ring (bicyclic) bond motifs is 1. The van der Waals surface area contributed by atoms with E-state index in [1.165, 1.54) is 5.56 Å². The molecule has 0 amide bonds. The van der Waals surface area contributed by atoms with Gasteiger partial charge in [-0.2, -0.15) is 0 Å². The summed E-state index contributed by atoms with van der Waals surface area (Å²) in [5, 5.41) is 9.54. The Bertz CT molecular complexity index is 1120. The fourth-order valence-electron chi connectivity index (χ4n) is 3.11. The Morgan fingerprint density at radius 1 is 1.07 bits per heavy atom. The molecule has 0 saturated heterocycles. The normalized spacial score (nSPS) is 11.3. The number of aromatic nitrogens is 5. The molecule has 0 radical (unpaired) electrons. The second kappa shape index (κ2) is 7.44. The number of para-hydroxylation sites is 2. The Hall–Kier alpha value is -2.80. The highest BCUT2D eigenvalue weighted by Crippen LogP contribution is 2.23. The fraction of sp³-hybridized carbons (Fsp3) is 0.250. The fourth-order valence-corrected chi connectivity index (χ4v) is 3.94. The van der Waals surface area contributed by atoms with Gasteiger partial charge in [0.15, 0.2) is 11.0 Å². The number of hydrogen-bond donors (Lipinski definition) is 1. The van der Waals surface area contributed by atoms with Gasteiger partial charge in [0.2, 0.25) is 0 Å². The topological polar surface area (TPSA) is 68.5 Å². The Kier molecular flexibility index (Phi) is 4.85. The maximum atomic E-state index is 12.1. The molecule has 0 aliphatic carbocycles. The van der Waals surface area contributed by atoms with Crippen molar-refractivity contribution in [2.75, 3.05) is 5.75 Å². The highest BCUT2D eigenvalue weighted by atomic mass is 32.2. The lowest BCUT2D eigenvalue weighted by molar-refractivity contribution is 0.678. The molecule has 2 aromatic carbocycles. The number of nitrogens with one attached hydrogen (secondary N) is 1. The molecular weight excluding hydrogens is 358 g/mol. The third kappa shape index (κ3) is 3.55. The van der Waals surface area contributed by atoms with Crippen LogP contribution < -0.4 is 5.69 Å². The number of imidazole rings is 1. The van der Waals surface area contributed by atoms with Crippen molar-refractivity contribution in [1.29, 1.82) is 0 Å². The molecule has 0 aliphatic heterocycles. The monoisotopic (exact) mass is 379 g/mol. The van der Waals surface area contributed by atoms with E-state index in [0.29, 0.717) is 6.54 Å². The molecule has 0 spiro atoms. The molecule has 0 aliphatic rings. The first-order chi connectivity index (χ1) is 13.1. The molecule has 4 rings (SSSR count). The van der Waals surface area contributed by atoms with Crippen LogP contribution in [0.3, 0.4) is 0 Å². The first kappa shape index (κ1) is 17.6. The van der Waals surface area contributed by atoms with Gasteiger partial charge in [-0.1, -0.05) is 53.7 Å². The van der Waals surface area contributed by atoms with Crippen LogP contribution in [-0.2, 0) is 13.6 Å². The lowest BCUT2D eigenvalue weighted by Crippen LogP contribution is -2.17. The summed E-state index contributed by atoms with van der Waals surface area (Å²) in [6, 6.07) is 16.1. The third-order valence-electron chi connectivity index (χ3n) is 4.58. The van der Waals surface area contributed by atoms with Crippen molar-refractivity contribution in [3.8, 4) is 11.4 Å². The predicted octanol–water partition coefficient (Wildman–Crippen LogP) is 3.62. The van der Waals surface area contributed by atoms with Crippen LogP contribution >= 0.6 is 11.8 Å². The number of benzene rings is 2. The SMILES string of the molecule is Cc1ccc(-c2nnc(SCCCn3c(=O)[nH]c4ccccc43)n2C)cc1. The molecule has 138 valence electrons. The van der Waals surface area contributed by atoms with E-state index in [0.717, 1.165) is 39.8 Å². The standard InChI is InChI=1S/C20H21N5OS/c1-14-8-10-15(11-9-14)18-22-23-20(24(18)2)27-13-5-12-25-17-7-4-3-6-16(17)21-19(25)26/h3-4,6-11H,5,12-13H2,1-2H3,(H,21,26). The van der Waals surface area contributed by atoms with Crippen molar-refractivity contribution in [1.82, 2.24) is 24.3 Å². The summed E-state index contributed by atoms with van der Waals surface area (Å²) in [4.78, 5) is 15.0. The number of aromatic amines is 1. The van der Waals surface area contributed by atoms with Gasteiger partial charge >= 0.3 is 5.69 Å². The lowest BCUT2D eigenvalue weighted by atomic mass is 10.1. The van der Waals surface area contributed by atoms with E-state index in [1.807, 2.05) is 35.9 Å². The van der Waals surface area contributed by atoms with Crippen LogP contribution in [0.1, 0.15) is 12.0 Å². The number of thioether (sulfide) groups is 1. The van der Waals surface area contributed by atoms with Crippen molar-refractivity contribution in [3.63, 3.8) is 0 Å². The molecule has 1 N–H and O–H groups in total. The molecule has 6 nitrogen and oxygen atoms in total. The minimum atomic E-state index is -0.0542. The summed E-state index contributed by atoms with van der Waals surface area (Å²) in [6.07, 6.45) is 0.874. The van der Waals surface area contributed by atoms with E-state index < -0.39 is 0 Å². The molecular formula is C20H21N5OS. The Morgan fingerprint density at radius 3 is 2.67 bits per heavy atom. The maximum Gasteiger partial charge on any atom is 0.326 e. The summed E-state index contributed by atoms with van der Waals surface area (Å²) >= 11 is 1.66. The molecule has 0 bridgehead atoms. The van der Waals surface area contributed by atoms with Gasteiger partial charge in [-0.05, 0) is 25.5 Å². The van der Waals surface area contributed by atoms with E-state index in [2.05, 4.69) is 46.4 Å². The minimum absolute atomic E-state index is 0.0542. The summed E-state index contributed by atoms with van der Waals surface area (Å²) < 4.78 is 3.82. The van der Waals surface area contributed by atoms with Crippen molar-refractivity contribution < 1.29 is 0 Å². The van der Waals surface area contributed by atoms with Crippen LogP contribution in [0.4, 0.5) is 0 Å². The Morgan fingerprint density at radius 2 is 1.85 bits per heavy atom. The van der Waals surface area contributed by atoms with Gasteiger partial charge in [-0.3, -0.25) is 4.57 Å². The Balaban J connectivity index is 1.40. The van der Waals surface area contributed by atoms with Crippen LogP contribution in [0, 0.1) is 6.92 Å². The molecule has 2 aromatic heterocycles. The second-order valence-electron chi connectivity index (χ2n) is 6.53. The zero-order chi connectivity index (χ0) is 18.8. The number of H-pyrrole nitrogens is 1. The van der Waals surface area contributed by atoms with Gasteiger partial charge in [-0.15, -0.1) is 10.2 Å². The van der Waals surface area contributed by atoms with Gasteiger partial charge in [0, 0.05) is 24.9 Å².